The molecule has 1 radical (unpaired) electrons. The maximum atomic E-state index is 10.8. The van der Waals surface area contributed by atoms with Crippen molar-refractivity contribution in [1.82, 2.24) is 0 Å². The Kier molecular flexibility index (Phi) is 4.59. The fraction of sp³-hybridized carbons (Fsp3) is 0.556. The van der Waals surface area contributed by atoms with Gasteiger partial charge in [-0.25, -0.2) is 4.79 Å². The standard InChI is InChI=1S/C9H15O3/c1-4-8(11)12-9(3,5-2)6-7-10/h4,10H,1-2,5-7H2,3H3. The molecule has 0 bridgehead atoms. The second kappa shape index (κ2) is 4.93. The summed E-state index contributed by atoms with van der Waals surface area (Å²) in [7, 11) is 0. The van der Waals surface area contributed by atoms with Gasteiger partial charge in [-0.3, -0.25) is 0 Å². The van der Waals surface area contributed by atoms with E-state index in [1.807, 2.05) is 0 Å². The lowest BCUT2D eigenvalue weighted by molar-refractivity contribution is -0.152. The van der Waals surface area contributed by atoms with E-state index < -0.39 is 11.6 Å². The molecule has 0 aromatic carbocycles. The maximum absolute atomic E-state index is 10.8. The van der Waals surface area contributed by atoms with Gasteiger partial charge >= 0.3 is 5.97 Å². The van der Waals surface area contributed by atoms with E-state index in [4.69, 9.17) is 9.84 Å². The van der Waals surface area contributed by atoms with E-state index in [2.05, 4.69) is 13.5 Å². The smallest absolute Gasteiger partial charge is 0.330 e. The fourth-order valence-electron chi connectivity index (χ4n) is 0.748. The van der Waals surface area contributed by atoms with Gasteiger partial charge in [-0.2, -0.15) is 0 Å². The molecule has 0 aliphatic heterocycles. The summed E-state index contributed by atoms with van der Waals surface area (Å²) >= 11 is 0. The quantitative estimate of drug-likeness (QED) is 0.497. The average molecular weight is 171 g/mol. The number of esters is 1. The number of carbonyl (C=O) groups is 1. The van der Waals surface area contributed by atoms with Gasteiger partial charge in [0.15, 0.2) is 0 Å². The first-order valence-electron chi connectivity index (χ1n) is 3.83. The number of rotatable bonds is 5. The third-order valence-electron chi connectivity index (χ3n) is 1.68. The van der Waals surface area contributed by atoms with E-state index in [9.17, 15) is 4.79 Å². The number of hydrogen-bond acceptors (Lipinski definition) is 3. The van der Waals surface area contributed by atoms with Crippen LogP contribution in [-0.2, 0) is 9.53 Å². The normalized spacial score (nSPS) is 14.9. The highest BCUT2D eigenvalue weighted by Gasteiger charge is 2.24. The van der Waals surface area contributed by atoms with Gasteiger partial charge in [-0.05, 0) is 20.3 Å². The zero-order chi connectivity index (χ0) is 9.61. The topological polar surface area (TPSA) is 46.5 Å². The van der Waals surface area contributed by atoms with E-state index in [-0.39, 0.29) is 6.61 Å². The molecule has 0 aliphatic carbocycles. The Balaban J connectivity index is 4.12. The van der Waals surface area contributed by atoms with Crippen LogP contribution >= 0.6 is 0 Å². The van der Waals surface area contributed by atoms with E-state index in [0.717, 1.165) is 6.08 Å². The highest BCUT2D eigenvalue weighted by atomic mass is 16.6. The first kappa shape index (κ1) is 11.2. The Morgan fingerprint density at radius 1 is 1.75 bits per heavy atom. The molecule has 3 nitrogen and oxygen atoms in total. The molecular formula is C9H15O3. The number of aliphatic hydroxyl groups is 1. The minimum absolute atomic E-state index is 0.0174. The van der Waals surface area contributed by atoms with E-state index in [0.29, 0.717) is 12.8 Å². The molecule has 0 aromatic heterocycles. The summed E-state index contributed by atoms with van der Waals surface area (Å²) in [6, 6.07) is 0. The number of ether oxygens (including phenoxy) is 1. The van der Waals surface area contributed by atoms with Crippen LogP contribution in [0.4, 0.5) is 0 Å². The summed E-state index contributed by atoms with van der Waals surface area (Å²) in [5, 5.41) is 8.67. The minimum Gasteiger partial charge on any atom is -0.456 e. The Labute approximate surface area is 73.0 Å². The van der Waals surface area contributed by atoms with Gasteiger partial charge in [0.05, 0.1) is 0 Å². The number of carbonyl (C=O) groups excluding carboxylic acids is 1. The number of aliphatic hydroxyl groups excluding tert-OH is 1. The predicted octanol–water partition coefficient (Wildman–Crippen LogP) is 1.08. The molecule has 69 valence electrons. The van der Waals surface area contributed by atoms with Crippen LogP contribution in [0.5, 0.6) is 0 Å². The van der Waals surface area contributed by atoms with E-state index in [1.165, 1.54) is 0 Å². The third-order valence-corrected chi connectivity index (χ3v) is 1.68. The SMILES string of the molecule is [CH2]CC(C)(CCO)OC(=O)C=C. The molecule has 3 heteroatoms. The van der Waals surface area contributed by atoms with Crippen molar-refractivity contribution in [3.8, 4) is 0 Å². The van der Waals surface area contributed by atoms with Gasteiger partial charge in [0.25, 0.3) is 0 Å². The van der Waals surface area contributed by atoms with Crippen molar-refractivity contribution in [3.63, 3.8) is 0 Å². The van der Waals surface area contributed by atoms with Crippen molar-refractivity contribution in [1.29, 1.82) is 0 Å². The van der Waals surface area contributed by atoms with Crippen LogP contribution < -0.4 is 0 Å². The molecule has 1 unspecified atom stereocenters. The summed E-state index contributed by atoms with van der Waals surface area (Å²) in [5.41, 5.74) is -0.667. The highest BCUT2D eigenvalue weighted by molar-refractivity contribution is 5.81. The van der Waals surface area contributed by atoms with E-state index >= 15 is 0 Å². The van der Waals surface area contributed by atoms with Crippen LogP contribution in [0.2, 0.25) is 0 Å². The van der Waals surface area contributed by atoms with Crippen LogP contribution in [0.25, 0.3) is 0 Å². The lowest BCUT2D eigenvalue weighted by Gasteiger charge is -2.26. The monoisotopic (exact) mass is 171 g/mol. The molecule has 0 amide bonds. The molecule has 12 heavy (non-hydrogen) atoms. The van der Waals surface area contributed by atoms with Crippen molar-refractivity contribution in [2.45, 2.75) is 25.4 Å². The third kappa shape index (κ3) is 3.53. The molecule has 0 saturated heterocycles. The molecule has 0 saturated carbocycles. The molecule has 0 heterocycles. The predicted molar refractivity (Wildman–Crippen MR) is 46.4 cm³/mol. The lowest BCUT2D eigenvalue weighted by atomic mass is 9.99. The van der Waals surface area contributed by atoms with Crippen LogP contribution in [0.15, 0.2) is 12.7 Å². The molecule has 1 atom stereocenters. The van der Waals surface area contributed by atoms with Crippen molar-refractivity contribution < 1.29 is 14.6 Å². The van der Waals surface area contributed by atoms with Gasteiger partial charge in [-0.1, -0.05) is 6.58 Å². The molecule has 0 fully saturated rings. The van der Waals surface area contributed by atoms with Crippen molar-refractivity contribution in [2.24, 2.45) is 0 Å². The fourth-order valence-corrected chi connectivity index (χ4v) is 0.748. The summed E-state index contributed by atoms with van der Waals surface area (Å²) in [6.45, 7) is 8.64. The molecule has 0 aromatic rings. The second-order valence-corrected chi connectivity index (χ2v) is 2.80. The Morgan fingerprint density at radius 2 is 2.33 bits per heavy atom. The zero-order valence-electron chi connectivity index (χ0n) is 7.38. The average Bonchev–Trinajstić information content (AvgIpc) is 2.05. The van der Waals surface area contributed by atoms with Crippen molar-refractivity contribution in [2.75, 3.05) is 6.61 Å². The van der Waals surface area contributed by atoms with Gasteiger partial charge in [0.1, 0.15) is 5.60 Å². The Hall–Kier alpha value is -0.830. The second-order valence-electron chi connectivity index (χ2n) is 2.80. The molecule has 0 spiro atoms. The van der Waals surface area contributed by atoms with Crippen LogP contribution in [0.3, 0.4) is 0 Å². The molecule has 0 rings (SSSR count). The lowest BCUT2D eigenvalue weighted by Crippen LogP contribution is -2.31. The van der Waals surface area contributed by atoms with Gasteiger partial charge < -0.3 is 9.84 Å². The highest BCUT2D eigenvalue weighted by Crippen LogP contribution is 2.19. The zero-order valence-corrected chi connectivity index (χ0v) is 7.38. The van der Waals surface area contributed by atoms with Crippen LogP contribution in [-0.4, -0.2) is 23.3 Å². The first-order valence-corrected chi connectivity index (χ1v) is 3.83. The van der Waals surface area contributed by atoms with Crippen LogP contribution in [0.1, 0.15) is 19.8 Å². The van der Waals surface area contributed by atoms with Crippen molar-refractivity contribution in [3.05, 3.63) is 19.6 Å². The van der Waals surface area contributed by atoms with Crippen molar-refractivity contribution >= 4 is 5.97 Å². The Morgan fingerprint density at radius 3 is 2.67 bits per heavy atom. The van der Waals surface area contributed by atoms with Gasteiger partial charge in [0.2, 0.25) is 0 Å². The summed E-state index contributed by atoms with van der Waals surface area (Å²) in [5.74, 6) is -0.477. The van der Waals surface area contributed by atoms with Gasteiger partial charge in [0, 0.05) is 19.1 Å². The summed E-state index contributed by atoms with van der Waals surface area (Å²) in [6.07, 6.45) is 1.94. The molecular weight excluding hydrogens is 156 g/mol. The minimum atomic E-state index is -0.667. The summed E-state index contributed by atoms with van der Waals surface area (Å²) < 4.78 is 5.00. The summed E-state index contributed by atoms with van der Waals surface area (Å²) in [4.78, 5) is 10.8. The van der Waals surface area contributed by atoms with E-state index in [1.54, 1.807) is 6.92 Å². The van der Waals surface area contributed by atoms with Crippen LogP contribution in [0, 0.1) is 6.92 Å². The molecule has 1 N–H and O–H groups in total. The largest absolute Gasteiger partial charge is 0.456 e. The maximum Gasteiger partial charge on any atom is 0.330 e. The number of hydrogen-bond donors (Lipinski definition) is 1. The van der Waals surface area contributed by atoms with Gasteiger partial charge in [-0.15, -0.1) is 0 Å². The Bertz CT molecular complexity index is 165. The first-order chi connectivity index (χ1) is 5.58. The molecule has 0 aliphatic rings.